The van der Waals surface area contributed by atoms with Gasteiger partial charge in [0.05, 0.1) is 24.7 Å². The highest BCUT2D eigenvalue weighted by Gasteiger charge is 2.35. The lowest BCUT2D eigenvalue weighted by Gasteiger charge is -2.41. The Balaban J connectivity index is 1.67. The fourth-order valence-corrected chi connectivity index (χ4v) is 3.69. The SMILES string of the molecule is Cc1ccc(C(=O)N2CCC[C@H](C(=O)N3C[C@H](C)OC[C@@H]3C)C2)cc1. The molecule has 0 spiro atoms. The van der Waals surface area contributed by atoms with Crippen LogP contribution in [0.15, 0.2) is 24.3 Å². The monoisotopic (exact) mass is 344 g/mol. The number of rotatable bonds is 2. The maximum atomic E-state index is 13.0. The molecule has 2 fully saturated rings. The highest BCUT2D eigenvalue weighted by molar-refractivity contribution is 5.94. The molecule has 3 rings (SSSR count). The zero-order valence-electron chi connectivity index (χ0n) is 15.4. The molecule has 3 atom stereocenters. The van der Waals surface area contributed by atoms with Gasteiger partial charge in [0.1, 0.15) is 0 Å². The Hall–Kier alpha value is -1.88. The molecule has 0 N–H and O–H groups in total. The van der Waals surface area contributed by atoms with Gasteiger partial charge in [-0.15, -0.1) is 0 Å². The third-order valence-electron chi connectivity index (χ3n) is 5.25. The lowest BCUT2D eigenvalue weighted by Crippen LogP contribution is -2.54. The lowest BCUT2D eigenvalue weighted by atomic mass is 9.94. The van der Waals surface area contributed by atoms with E-state index in [4.69, 9.17) is 4.74 Å². The third kappa shape index (κ3) is 4.03. The van der Waals surface area contributed by atoms with E-state index < -0.39 is 0 Å². The number of piperidine rings is 1. The second-order valence-electron chi connectivity index (χ2n) is 7.44. The van der Waals surface area contributed by atoms with Gasteiger partial charge in [0.25, 0.3) is 5.91 Å². The van der Waals surface area contributed by atoms with Crippen molar-refractivity contribution in [3.8, 4) is 0 Å². The molecule has 2 aliphatic rings. The van der Waals surface area contributed by atoms with E-state index in [9.17, 15) is 9.59 Å². The summed E-state index contributed by atoms with van der Waals surface area (Å²) < 4.78 is 5.63. The van der Waals surface area contributed by atoms with Gasteiger partial charge < -0.3 is 14.5 Å². The van der Waals surface area contributed by atoms with E-state index in [0.29, 0.717) is 25.3 Å². The number of hydrogen-bond acceptors (Lipinski definition) is 3. The van der Waals surface area contributed by atoms with Crippen LogP contribution in [0.3, 0.4) is 0 Å². The number of morpholine rings is 1. The van der Waals surface area contributed by atoms with Crippen molar-refractivity contribution in [2.24, 2.45) is 5.92 Å². The summed E-state index contributed by atoms with van der Waals surface area (Å²) in [6, 6.07) is 7.75. The summed E-state index contributed by atoms with van der Waals surface area (Å²) in [7, 11) is 0. The predicted octanol–water partition coefficient (Wildman–Crippen LogP) is 2.48. The van der Waals surface area contributed by atoms with Gasteiger partial charge in [-0.1, -0.05) is 17.7 Å². The van der Waals surface area contributed by atoms with E-state index in [1.54, 1.807) is 0 Å². The molecule has 2 saturated heterocycles. The van der Waals surface area contributed by atoms with Crippen molar-refractivity contribution in [2.45, 2.75) is 45.8 Å². The summed E-state index contributed by atoms with van der Waals surface area (Å²) in [5, 5.41) is 0. The maximum Gasteiger partial charge on any atom is 0.253 e. The van der Waals surface area contributed by atoms with Crippen molar-refractivity contribution in [3.63, 3.8) is 0 Å². The Morgan fingerprint density at radius 2 is 1.84 bits per heavy atom. The maximum absolute atomic E-state index is 13.0. The van der Waals surface area contributed by atoms with Gasteiger partial charge in [0.2, 0.25) is 5.91 Å². The zero-order chi connectivity index (χ0) is 18.0. The molecule has 5 heteroatoms. The molecule has 0 radical (unpaired) electrons. The Morgan fingerprint density at radius 3 is 2.56 bits per heavy atom. The van der Waals surface area contributed by atoms with Gasteiger partial charge in [0, 0.05) is 25.2 Å². The van der Waals surface area contributed by atoms with E-state index in [2.05, 4.69) is 0 Å². The predicted molar refractivity (Wildman–Crippen MR) is 96.4 cm³/mol. The number of aryl methyl sites for hydroxylation is 1. The average molecular weight is 344 g/mol. The average Bonchev–Trinajstić information content (AvgIpc) is 2.63. The molecule has 0 bridgehead atoms. The van der Waals surface area contributed by atoms with Crippen molar-refractivity contribution in [1.82, 2.24) is 9.80 Å². The molecule has 25 heavy (non-hydrogen) atoms. The minimum atomic E-state index is -0.101. The molecule has 2 amide bonds. The van der Waals surface area contributed by atoms with Crippen LogP contribution in [-0.4, -0.2) is 60.0 Å². The Morgan fingerprint density at radius 1 is 1.12 bits per heavy atom. The second-order valence-corrected chi connectivity index (χ2v) is 7.44. The Labute approximate surface area is 149 Å². The molecule has 0 unspecified atom stereocenters. The minimum absolute atomic E-state index is 0.0286. The van der Waals surface area contributed by atoms with Gasteiger partial charge >= 0.3 is 0 Å². The van der Waals surface area contributed by atoms with Crippen LogP contribution in [-0.2, 0) is 9.53 Å². The first kappa shape index (κ1) is 17.9. The van der Waals surface area contributed by atoms with Gasteiger partial charge in [-0.05, 0) is 45.7 Å². The molecule has 2 heterocycles. The molecular weight excluding hydrogens is 316 g/mol. The molecule has 0 aliphatic carbocycles. The number of amides is 2. The van der Waals surface area contributed by atoms with Crippen LogP contribution in [0.4, 0.5) is 0 Å². The fraction of sp³-hybridized carbons (Fsp3) is 0.600. The number of carbonyl (C=O) groups excluding carboxylic acids is 2. The summed E-state index contributed by atoms with van der Waals surface area (Å²) in [6.07, 6.45) is 1.81. The number of nitrogens with zero attached hydrogens (tertiary/aromatic N) is 2. The van der Waals surface area contributed by atoms with Gasteiger partial charge in [-0.25, -0.2) is 0 Å². The largest absolute Gasteiger partial charge is 0.375 e. The van der Waals surface area contributed by atoms with Crippen LogP contribution < -0.4 is 0 Å². The first-order valence-corrected chi connectivity index (χ1v) is 9.23. The molecule has 1 aromatic rings. The fourth-order valence-electron chi connectivity index (χ4n) is 3.69. The molecule has 136 valence electrons. The van der Waals surface area contributed by atoms with Crippen molar-refractivity contribution in [3.05, 3.63) is 35.4 Å². The van der Waals surface area contributed by atoms with Crippen LogP contribution in [0.5, 0.6) is 0 Å². The van der Waals surface area contributed by atoms with Gasteiger partial charge in [-0.3, -0.25) is 9.59 Å². The van der Waals surface area contributed by atoms with Crippen LogP contribution >= 0.6 is 0 Å². The van der Waals surface area contributed by atoms with E-state index in [1.165, 1.54) is 0 Å². The van der Waals surface area contributed by atoms with Crippen molar-refractivity contribution >= 4 is 11.8 Å². The first-order valence-electron chi connectivity index (χ1n) is 9.23. The summed E-state index contributed by atoms with van der Waals surface area (Å²) in [5.41, 5.74) is 1.84. The zero-order valence-corrected chi connectivity index (χ0v) is 15.4. The molecule has 0 saturated carbocycles. The first-order chi connectivity index (χ1) is 12.0. The van der Waals surface area contributed by atoms with E-state index in [0.717, 1.165) is 24.9 Å². The number of carbonyl (C=O) groups is 2. The van der Waals surface area contributed by atoms with Gasteiger partial charge in [0.15, 0.2) is 0 Å². The van der Waals surface area contributed by atoms with Crippen molar-refractivity contribution in [2.75, 3.05) is 26.2 Å². The van der Waals surface area contributed by atoms with E-state index >= 15 is 0 Å². The van der Waals surface area contributed by atoms with Crippen molar-refractivity contribution in [1.29, 1.82) is 0 Å². The van der Waals surface area contributed by atoms with Crippen molar-refractivity contribution < 1.29 is 14.3 Å². The summed E-state index contributed by atoms with van der Waals surface area (Å²) in [5.74, 6) is 0.0980. The Kier molecular flexibility index (Phi) is 5.42. The molecule has 0 aromatic heterocycles. The number of ether oxygens (including phenoxy) is 1. The highest BCUT2D eigenvalue weighted by Crippen LogP contribution is 2.23. The smallest absolute Gasteiger partial charge is 0.253 e. The van der Waals surface area contributed by atoms with E-state index in [1.807, 2.05) is 54.8 Å². The number of likely N-dealkylation sites (tertiary alicyclic amines) is 1. The standard InChI is InChI=1S/C20H28N2O3/c1-14-6-8-17(9-7-14)19(23)21-10-4-5-18(12-21)20(24)22-11-16(3)25-13-15(22)2/h6-9,15-16,18H,4-5,10-13H2,1-3H3/t15-,16-,18-/m0/s1. The lowest BCUT2D eigenvalue weighted by molar-refractivity contribution is -0.149. The quantitative estimate of drug-likeness (QED) is 0.828. The molecule has 1 aromatic carbocycles. The second kappa shape index (κ2) is 7.56. The summed E-state index contributed by atoms with van der Waals surface area (Å²) in [4.78, 5) is 29.5. The van der Waals surface area contributed by atoms with Crippen LogP contribution in [0.1, 0.15) is 42.6 Å². The Bertz CT molecular complexity index is 628. The molecule has 5 nitrogen and oxygen atoms in total. The van der Waals surface area contributed by atoms with Gasteiger partial charge in [-0.2, -0.15) is 0 Å². The van der Waals surface area contributed by atoms with E-state index in [-0.39, 0.29) is 29.9 Å². The number of hydrogen-bond donors (Lipinski definition) is 0. The van der Waals surface area contributed by atoms with Crippen LogP contribution in [0.25, 0.3) is 0 Å². The molecule has 2 aliphatic heterocycles. The van der Waals surface area contributed by atoms with Crippen LogP contribution in [0.2, 0.25) is 0 Å². The van der Waals surface area contributed by atoms with Crippen LogP contribution in [0, 0.1) is 12.8 Å². The third-order valence-corrected chi connectivity index (χ3v) is 5.25. The number of benzene rings is 1. The highest BCUT2D eigenvalue weighted by atomic mass is 16.5. The summed E-state index contributed by atoms with van der Waals surface area (Å²) >= 11 is 0. The normalized spacial score (nSPS) is 27.2. The topological polar surface area (TPSA) is 49.9 Å². The minimum Gasteiger partial charge on any atom is -0.375 e. The molecular formula is C20H28N2O3. The summed E-state index contributed by atoms with van der Waals surface area (Å²) in [6.45, 7) is 8.51.